The third kappa shape index (κ3) is 5.49. The Hall–Kier alpha value is -6.90. The topological polar surface area (TPSA) is 25.8 Å². The number of rotatable bonds is 6. The van der Waals surface area contributed by atoms with Crippen molar-refractivity contribution >= 4 is 10.8 Å². The van der Waals surface area contributed by atoms with Crippen molar-refractivity contribution in [3.05, 3.63) is 205 Å². The largest absolute Gasteiger partial charge is 0.228 e. The van der Waals surface area contributed by atoms with Crippen LogP contribution in [0.15, 0.2) is 194 Å². The Balaban J connectivity index is 0.935. The molecule has 2 heteroatoms. The molecule has 62 heavy (non-hydrogen) atoms. The zero-order valence-electron chi connectivity index (χ0n) is 34.7. The Kier molecular flexibility index (Phi) is 8.13. The molecule has 4 bridgehead atoms. The van der Waals surface area contributed by atoms with Crippen molar-refractivity contribution < 1.29 is 0 Å². The Labute approximate surface area is 364 Å². The van der Waals surface area contributed by atoms with Crippen LogP contribution in [0.4, 0.5) is 0 Å². The molecule has 2 nitrogen and oxygen atoms in total. The van der Waals surface area contributed by atoms with E-state index in [1.54, 1.807) is 11.1 Å². The van der Waals surface area contributed by atoms with Gasteiger partial charge in [-0.15, -0.1) is 0 Å². The lowest BCUT2D eigenvalue weighted by molar-refractivity contribution is -0.0398. The molecule has 0 atom stereocenters. The van der Waals surface area contributed by atoms with Crippen LogP contribution in [-0.4, -0.2) is 9.97 Å². The summed E-state index contributed by atoms with van der Waals surface area (Å²) in [5.74, 6) is 4.00. The second-order valence-electron chi connectivity index (χ2n) is 18.5. The molecule has 14 rings (SSSR count). The van der Waals surface area contributed by atoms with Gasteiger partial charge in [0.1, 0.15) is 0 Å². The average Bonchev–Trinajstić information content (AvgIpc) is 3.62. The average molecular weight is 795 g/mol. The van der Waals surface area contributed by atoms with E-state index >= 15 is 0 Å². The van der Waals surface area contributed by atoms with Gasteiger partial charge in [-0.3, -0.25) is 0 Å². The second kappa shape index (κ2) is 14.1. The monoisotopic (exact) mass is 794 g/mol. The summed E-state index contributed by atoms with van der Waals surface area (Å²) in [6.45, 7) is 0. The lowest BCUT2D eigenvalue weighted by Gasteiger charge is -2.61. The van der Waals surface area contributed by atoms with E-state index in [1.807, 2.05) is 6.07 Å². The molecule has 0 aliphatic heterocycles. The fourth-order valence-corrected chi connectivity index (χ4v) is 13.0. The standard InChI is InChI=1S/C60H46N2/c1-3-14-40(15-4-1)48-20-9-11-22-51(48)56-37-57(62-59(61-56)43-16-5-2-6-17-43)52-23-12-10-21-49(52)41-26-28-42(29-27-41)50-24-13-25-54-58(50)53-35-44-18-7-8-19-45(44)36-55(53)60(54)46-31-38-30-39(33-46)34-47(60)32-38/h1-29,35-39,46-47H,30-34H2. The quantitative estimate of drug-likeness (QED) is 0.168. The predicted molar refractivity (Wildman–Crippen MR) is 255 cm³/mol. The lowest BCUT2D eigenvalue weighted by atomic mass is 9.43. The highest BCUT2D eigenvalue weighted by atomic mass is 14.9. The number of benzene rings is 8. The van der Waals surface area contributed by atoms with Crippen molar-refractivity contribution in [1.29, 1.82) is 0 Å². The van der Waals surface area contributed by atoms with Crippen molar-refractivity contribution in [1.82, 2.24) is 9.97 Å². The van der Waals surface area contributed by atoms with Gasteiger partial charge in [-0.05, 0) is 140 Å². The summed E-state index contributed by atoms with van der Waals surface area (Å²) < 4.78 is 0. The maximum Gasteiger partial charge on any atom is 0.160 e. The smallest absolute Gasteiger partial charge is 0.160 e. The van der Waals surface area contributed by atoms with Crippen molar-refractivity contribution in [3.8, 4) is 78.4 Å². The Morgan fingerprint density at radius 2 is 0.806 bits per heavy atom. The van der Waals surface area contributed by atoms with Gasteiger partial charge in [-0.1, -0.05) is 176 Å². The fourth-order valence-electron chi connectivity index (χ4n) is 13.0. The molecule has 0 unspecified atom stereocenters. The van der Waals surface area contributed by atoms with Crippen molar-refractivity contribution in [2.75, 3.05) is 0 Å². The maximum atomic E-state index is 5.30. The number of fused-ring (bicyclic) bond motifs is 4. The molecule has 1 heterocycles. The van der Waals surface area contributed by atoms with Crippen LogP contribution in [-0.2, 0) is 5.41 Å². The van der Waals surface area contributed by atoms with Crippen LogP contribution < -0.4 is 0 Å². The molecule has 0 N–H and O–H groups in total. The molecule has 5 aliphatic carbocycles. The van der Waals surface area contributed by atoms with E-state index < -0.39 is 0 Å². The first-order valence-electron chi connectivity index (χ1n) is 22.7. The van der Waals surface area contributed by atoms with Gasteiger partial charge in [-0.25, -0.2) is 9.97 Å². The van der Waals surface area contributed by atoms with Gasteiger partial charge in [0.05, 0.1) is 11.4 Å². The minimum atomic E-state index is 0.119. The number of hydrogen-bond donors (Lipinski definition) is 0. The Morgan fingerprint density at radius 3 is 1.40 bits per heavy atom. The third-order valence-electron chi connectivity index (χ3n) is 15.3. The Bertz CT molecular complexity index is 3150. The van der Waals surface area contributed by atoms with Gasteiger partial charge in [0.2, 0.25) is 0 Å². The number of hydrogen-bond acceptors (Lipinski definition) is 2. The SMILES string of the molecule is c1ccc(-c2nc(-c3ccccc3-c3ccccc3)cc(-c3ccccc3-c3ccc(-c4cccc5c4-c4cc6ccccc6cc4C54C5CC6CC(C5)CC4C6)cc3)n2)cc1. The van der Waals surface area contributed by atoms with Gasteiger partial charge in [0.15, 0.2) is 5.82 Å². The summed E-state index contributed by atoms with van der Waals surface area (Å²) in [6.07, 6.45) is 7.01. The van der Waals surface area contributed by atoms with Crippen molar-refractivity contribution in [3.63, 3.8) is 0 Å². The zero-order valence-corrected chi connectivity index (χ0v) is 34.7. The molecular formula is C60H46N2. The second-order valence-corrected chi connectivity index (χ2v) is 18.5. The minimum absolute atomic E-state index is 0.119. The van der Waals surface area contributed by atoms with Crippen LogP contribution in [0, 0.1) is 23.7 Å². The summed E-state index contributed by atoms with van der Waals surface area (Å²) in [5, 5.41) is 2.72. The molecule has 1 spiro atoms. The molecule has 9 aromatic rings. The highest BCUT2D eigenvalue weighted by Crippen LogP contribution is 2.70. The molecule has 4 fully saturated rings. The van der Waals surface area contributed by atoms with Gasteiger partial charge >= 0.3 is 0 Å². The summed E-state index contributed by atoms with van der Waals surface area (Å²) in [4.78, 5) is 10.5. The summed E-state index contributed by atoms with van der Waals surface area (Å²) in [6, 6.07) is 71.3. The lowest BCUT2D eigenvalue weighted by Crippen LogP contribution is -2.55. The van der Waals surface area contributed by atoms with E-state index in [4.69, 9.17) is 9.97 Å². The molecule has 5 aliphatic rings. The van der Waals surface area contributed by atoms with Crippen LogP contribution >= 0.6 is 0 Å². The third-order valence-corrected chi connectivity index (χ3v) is 15.3. The van der Waals surface area contributed by atoms with Gasteiger partial charge in [0.25, 0.3) is 0 Å². The van der Waals surface area contributed by atoms with Crippen LogP contribution in [0.2, 0.25) is 0 Å². The van der Waals surface area contributed by atoms with E-state index in [-0.39, 0.29) is 5.41 Å². The maximum absolute atomic E-state index is 5.30. The van der Waals surface area contributed by atoms with E-state index in [0.717, 1.165) is 62.9 Å². The van der Waals surface area contributed by atoms with Crippen molar-refractivity contribution in [2.45, 2.75) is 37.5 Å². The first-order valence-corrected chi connectivity index (χ1v) is 22.7. The van der Waals surface area contributed by atoms with E-state index in [1.165, 1.54) is 76.3 Å². The van der Waals surface area contributed by atoms with Gasteiger partial charge < -0.3 is 0 Å². The molecule has 4 saturated carbocycles. The molecule has 0 saturated heterocycles. The zero-order chi connectivity index (χ0) is 40.8. The molecule has 296 valence electrons. The van der Waals surface area contributed by atoms with Crippen LogP contribution in [0.1, 0.15) is 43.2 Å². The van der Waals surface area contributed by atoms with E-state index in [0.29, 0.717) is 5.82 Å². The van der Waals surface area contributed by atoms with Crippen LogP contribution in [0.25, 0.3) is 89.2 Å². The first kappa shape index (κ1) is 35.8. The summed E-state index contributed by atoms with van der Waals surface area (Å²) in [5.41, 5.74) is 18.5. The van der Waals surface area contributed by atoms with Crippen LogP contribution in [0.3, 0.4) is 0 Å². The Morgan fingerprint density at radius 1 is 0.339 bits per heavy atom. The molecule has 0 radical (unpaired) electrons. The predicted octanol–water partition coefficient (Wildman–Crippen LogP) is 15.4. The van der Waals surface area contributed by atoms with Gasteiger partial charge in [-0.2, -0.15) is 0 Å². The molecule has 1 aromatic heterocycles. The molecule has 8 aromatic carbocycles. The van der Waals surface area contributed by atoms with Crippen LogP contribution in [0.5, 0.6) is 0 Å². The molecular weight excluding hydrogens is 749 g/mol. The number of nitrogens with zero attached hydrogens (tertiary/aromatic N) is 2. The summed E-state index contributed by atoms with van der Waals surface area (Å²) >= 11 is 0. The fraction of sp³-hybridized carbons (Fsp3) is 0.167. The molecule has 0 amide bonds. The van der Waals surface area contributed by atoms with E-state index in [9.17, 15) is 0 Å². The summed E-state index contributed by atoms with van der Waals surface area (Å²) in [7, 11) is 0. The number of aromatic nitrogens is 2. The highest BCUT2D eigenvalue weighted by molar-refractivity contribution is 5.99. The minimum Gasteiger partial charge on any atom is -0.228 e. The first-order chi connectivity index (χ1) is 30.7. The normalized spacial score (nSPS) is 21.6. The van der Waals surface area contributed by atoms with Crippen molar-refractivity contribution in [2.24, 2.45) is 23.7 Å². The van der Waals surface area contributed by atoms with Gasteiger partial charge in [0, 0.05) is 22.1 Å². The van der Waals surface area contributed by atoms with E-state index in [2.05, 4.69) is 188 Å². The highest BCUT2D eigenvalue weighted by Gasteiger charge is 2.61.